The summed E-state index contributed by atoms with van der Waals surface area (Å²) in [6, 6.07) is 1.78. The van der Waals surface area contributed by atoms with Crippen molar-refractivity contribution in [2.75, 3.05) is 13.1 Å². The third-order valence-electron chi connectivity index (χ3n) is 2.72. The van der Waals surface area contributed by atoms with Gasteiger partial charge in [-0.3, -0.25) is 9.78 Å². The molecule has 0 aromatic carbocycles. The highest BCUT2D eigenvalue weighted by Crippen LogP contribution is 2.09. The van der Waals surface area contributed by atoms with Gasteiger partial charge in [-0.05, 0) is 17.7 Å². The van der Waals surface area contributed by atoms with Gasteiger partial charge < -0.3 is 21.5 Å². The van der Waals surface area contributed by atoms with Crippen LogP contribution in [0.4, 0.5) is 0 Å². The number of aromatic nitrogens is 1. The van der Waals surface area contributed by atoms with Crippen LogP contribution in [0.3, 0.4) is 0 Å². The number of primary amides is 1. The summed E-state index contributed by atoms with van der Waals surface area (Å²) < 4.78 is 0. The molecule has 0 aliphatic carbocycles. The number of nitrogens with one attached hydrogen (secondary N) is 2. The lowest BCUT2D eigenvalue weighted by atomic mass is 10.1. The van der Waals surface area contributed by atoms with Gasteiger partial charge in [0.1, 0.15) is 5.82 Å². The molecule has 0 bridgehead atoms. The molecule has 5 N–H and O–H groups in total. The van der Waals surface area contributed by atoms with Crippen LogP contribution in [-0.4, -0.2) is 40.8 Å². The molecule has 1 aromatic heterocycles. The van der Waals surface area contributed by atoms with E-state index in [2.05, 4.69) is 20.6 Å². The Bertz CT molecular complexity index is 679. The number of hydrogen-bond acceptors (Lipinski definition) is 6. The summed E-state index contributed by atoms with van der Waals surface area (Å²) in [7, 11) is 0. The van der Waals surface area contributed by atoms with Crippen LogP contribution in [0.5, 0.6) is 0 Å². The van der Waals surface area contributed by atoms with Crippen LogP contribution in [-0.2, 0) is 9.59 Å². The Kier molecular flexibility index (Phi) is 4.86. The number of carbonyl (C=O) groups excluding carboxylic acids is 1. The van der Waals surface area contributed by atoms with Crippen LogP contribution in [0.25, 0.3) is 6.08 Å². The van der Waals surface area contributed by atoms with Crippen LogP contribution in [0, 0.1) is 0 Å². The van der Waals surface area contributed by atoms with Gasteiger partial charge in [-0.25, -0.2) is 9.79 Å². The van der Waals surface area contributed by atoms with Crippen molar-refractivity contribution in [1.82, 2.24) is 15.6 Å². The zero-order chi connectivity index (χ0) is 15.9. The molecule has 0 spiro atoms. The van der Waals surface area contributed by atoms with Crippen molar-refractivity contribution >= 4 is 23.7 Å². The van der Waals surface area contributed by atoms with Gasteiger partial charge in [0.2, 0.25) is 5.91 Å². The smallest absolute Gasteiger partial charge is 0.328 e. The maximum absolute atomic E-state index is 10.8. The molecule has 0 saturated heterocycles. The summed E-state index contributed by atoms with van der Waals surface area (Å²) in [5, 5.41) is 14.5. The first-order valence-electron chi connectivity index (χ1n) is 6.44. The number of carbonyl (C=O) groups is 2. The maximum atomic E-state index is 10.8. The van der Waals surface area contributed by atoms with Gasteiger partial charge in [-0.15, -0.1) is 0 Å². The molecule has 0 saturated carbocycles. The molecule has 0 radical (unpaired) electrons. The van der Waals surface area contributed by atoms with E-state index >= 15 is 0 Å². The van der Waals surface area contributed by atoms with Crippen molar-refractivity contribution in [3.05, 3.63) is 47.7 Å². The van der Waals surface area contributed by atoms with E-state index in [1.54, 1.807) is 24.7 Å². The number of rotatable bonds is 6. The summed E-state index contributed by atoms with van der Waals surface area (Å²) in [5.74, 6) is -1.01. The third-order valence-corrected chi connectivity index (χ3v) is 2.72. The number of hydrogen-bond donors (Lipinski definition) is 4. The highest BCUT2D eigenvalue weighted by molar-refractivity contribution is 6.03. The molecular formula is C14H15N5O3. The average Bonchev–Trinajstić information content (AvgIpc) is 2.51. The lowest BCUT2D eigenvalue weighted by molar-refractivity contribution is -0.131. The topological polar surface area (TPSA) is 130 Å². The normalized spacial score (nSPS) is 14.0. The van der Waals surface area contributed by atoms with Crippen molar-refractivity contribution in [3.63, 3.8) is 0 Å². The predicted octanol–water partition coefficient (Wildman–Crippen LogP) is -0.554. The monoisotopic (exact) mass is 301 g/mol. The first kappa shape index (κ1) is 15.2. The van der Waals surface area contributed by atoms with Gasteiger partial charge in [-0.2, -0.15) is 0 Å². The van der Waals surface area contributed by atoms with E-state index in [-0.39, 0.29) is 6.54 Å². The van der Waals surface area contributed by atoms with Crippen LogP contribution in [0.2, 0.25) is 0 Å². The molecule has 1 aliphatic rings. The maximum Gasteiger partial charge on any atom is 0.328 e. The predicted molar refractivity (Wildman–Crippen MR) is 80.7 cm³/mol. The van der Waals surface area contributed by atoms with E-state index in [1.165, 1.54) is 6.08 Å². The Morgan fingerprint density at radius 1 is 1.45 bits per heavy atom. The van der Waals surface area contributed by atoms with Crippen LogP contribution >= 0.6 is 0 Å². The third kappa shape index (κ3) is 4.44. The van der Waals surface area contributed by atoms with Crippen molar-refractivity contribution in [3.8, 4) is 0 Å². The number of aliphatic imine (C=N–C) groups is 1. The van der Waals surface area contributed by atoms with E-state index in [0.29, 0.717) is 23.6 Å². The molecule has 2 heterocycles. The Morgan fingerprint density at radius 2 is 2.27 bits per heavy atom. The molecule has 8 heteroatoms. The fraction of sp³-hybridized carbons (Fsp3) is 0.143. The Labute approximate surface area is 126 Å². The summed E-state index contributed by atoms with van der Waals surface area (Å²) in [6.07, 6.45) is 7.34. The molecule has 2 rings (SSSR count). The van der Waals surface area contributed by atoms with Crippen LogP contribution in [0.15, 0.2) is 41.5 Å². The zero-order valence-corrected chi connectivity index (χ0v) is 11.6. The summed E-state index contributed by atoms with van der Waals surface area (Å²) in [6.45, 7) is 0.486. The van der Waals surface area contributed by atoms with Crippen LogP contribution in [0.1, 0.15) is 11.1 Å². The highest BCUT2D eigenvalue weighted by Gasteiger charge is 2.10. The molecular weight excluding hydrogens is 286 g/mol. The van der Waals surface area contributed by atoms with Gasteiger partial charge in [0.05, 0.1) is 18.8 Å². The quantitative estimate of drug-likeness (QED) is 0.521. The van der Waals surface area contributed by atoms with E-state index in [4.69, 9.17) is 10.8 Å². The summed E-state index contributed by atoms with van der Waals surface area (Å²) >= 11 is 0. The molecule has 1 aromatic rings. The van der Waals surface area contributed by atoms with Gasteiger partial charge >= 0.3 is 5.97 Å². The molecule has 0 atom stereocenters. The fourth-order valence-electron chi connectivity index (χ4n) is 1.77. The van der Waals surface area contributed by atoms with E-state index < -0.39 is 11.9 Å². The molecule has 22 heavy (non-hydrogen) atoms. The Morgan fingerprint density at radius 3 is 3.00 bits per heavy atom. The molecule has 114 valence electrons. The van der Waals surface area contributed by atoms with Gasteiger partial charge in [0, 0.05) is 30.2 Å². The van der Waals surface area contributed by atoms with Crippen molar-refractivity contribution in [2.45, 2.75) is 0 Å². The lowest BCUT2D eigenvalue weighted by Gasteiger charge is -2.15. The minimum Gasteiger partial charge on any atom is -0.478 e. The van der Waals surface area contributed by atoms with Crippen molar-refractivity contribution in [2.24, 2.45) is 10.7 Å². The molecule has 0 fully saturated rings. The van der Waals surface area contributed by atoms with Gasteiger partial charge in [-0.1, -0.05) is 0 Å². The minimum absolute atomic E-state index is 0.00999. The SMILES string of the molecule is NC(=O)CNC1=CNCC(c2cncc(/C=C/C(=O)O)c2)=N1. The summed E-state index contributed by atoms with van der Waals surface area (Å²) in [5.41, 5.74) is 7.20. The van der Waals surface area contributed by atoms with E-state index in [1.807, 2.05) is 0 Å². The number of nitrogens with two attached hydrogens (primary N) is 1. The first-order valence-corrected chi connectivity index (χ1v) is 6.44. The number of aliphatic carboxylic acids is 1. The standard InChI is InChI=1S/C14H15N5O3/c15-12(20)7-18-13-8-17-6-11(19-13)10-3-9(4-16-5-10)1-2-14(21)22/h1-5,8,17-18H,6-7H2,(H2,15,20)(H,21,22)/b2-1+. The fourth-order valence-corrected chi connectivity index (χ4v) is 1.77. The molecule has 1 amide bonds. The lowest BCUT2D eigenvalue weighted by Crippen LogP contribution is -2.32. The second-order valence-corrected chi connectivity index (χ2v) is 4.47. The van der Waals surface area contributed by atoms with Gasteiger partial charge in [0.25, 0.3) is 0 Å². The van der Waals surface area contributed by atoms with Gasteiger partial charge in [0.15, 0.2) is 0 Å². The number of pyridine rings is 1. The van der Waals surface area contributed by atoms with E-state index in [9.17, 15) is 9.59 Å². The number of amides is 1. The van der Waals surface area contributed by atoms with E-state index in [0.717, 1.165) is 11.6 Å². The number of carboxylic acid groups (broad SMARTS) is 1. The van der Waals surface area contributed by atoms with Crippen molar-refractivity contribution in [1.29, 1.82) is 0 Å². The number of nitrogens with zero attached hydrogens (tertiary/aromatic N) is 2. The second kappa shape index (κ2) is 7.02. The molecule has 1 aliphatic heterocycles. The average molecular weight is 301 g/mol. The highest BCUT2D eigenvalue weighted by atomic mass is 16.4. The largest absolute Gasteiger partial charge is 0.478 e. The Hall–Kier alpha value is -3.16. The first-order chi connectivity index (χ1) is 10.5. The summed E-state index contributed by atoms with van der Waals surface area (Å²) in [4.78, 5) is 29.7. The van der Waals surface area contributed by atoms with Crippen molar-refractivity contribution < 1.29 is 14.7 Å². The molecule has 8 nitrogen and oxygen atoms in total. The molecule has 0 unspecified atom stereocenters. The van der Waals surface area contributed by atoms with Crippen LogP contribution < -0.4 is 16.4 Å². The second-order valence-electron chi connectivity index (χ2n) is 4.47. The Balaban J connectivity index is 2.17. The zero-order valence-electron chi connectivity index (χ0n) is 11.6. The minimum atomic E-state index is -1.03. The number of carboxylic acids is 1.